The fourth-order valence-corrected chi connectivity index (χ4v) is 1.85. The van der Waals surface area contributed by atoms with Gasteiger partial charge in [0.2, 0.25) is 5.91 Å². The Labute approximate surface area is 108 Å². The first-order chi connectivity index (χ1) is 7.63. The van der Waals surface area contributed by atoms with Crippen LogP contribution in [-0.2, 0) is 9.59 Å². The van der Waals surface area contributed by atoms with Gasteiger partial charge in [0.25, 0.3) is 0 Å². The summed E-state index contributed by atoms with van der Waals surface area (Å²) in [7, 11) is 0. The Hall–Kier alpha value is -0.810. The number of carboxylic acids is 1. The first-order valence-corrected chi connectivity index (χ1v) is 5.85. The molecule has 1 aliphatic rings. The molecule has 1 saturated heterocycles. The topological polar surface area (TPSA) is 60.9 Å². The lowest BCUT2D eigenvalue weighted by molar-refractivity contribution is -0.138. The summed E-state index contributed by atoms with van der Waals surface area (Å²) in [5.74, 6) is -0.537. The number of piperazine rings is 1. The number of hydrogen-bond acceptors (Lipinski definition) is 3. The summed E-state index contributed by atoms with van der Waals surface area (Å²) < 4.78 is 0. The van der Waals surface area contributed by atoms with E-state index in [4.69, 9.17) is 5.11 Å². The standard InChI is InChI=1S/C11H20N2O3.ClH/c1-2-3-10(14)13-8-6-12(7-9-13)5-4-11(15)16;/h2-9H2,1H3,(H,15,16);1H. The quantitative estimate of drug-likeness (QED) is 0.799. The minimum atomic E-state index is -0.760. The van der Waals surface area contributed by atoms with Crippen molar-refractivity contribution in [3.63, 3.8) is 0 Å². The molecule has 0 radical (unpaired) electrons. The van der Waals surface area contributed by atoms with Crippen molar-refractivity contribution in [2.75, 3.05) is 32.7 Å². The molecule has 1 amide bonds. The lowest BCUT2D eigenvalue weighted by atomic mass is 10.2. The molecule has 0 aliphatic carbocycles. The molecule has 0 spiro atoms. The van der Waals surface area contributed by atoms with Crippen molar-refractivity contribution in [3.05, 3.63) is 0 Å². The second-order valence-corrected chi connectivity index (χ2v) is 4.12. The molecule has 1 rings (SSSR count). The predicted molar refractivity (Wildman–Crippen MR) is 67.4 cm³/mol. The van der Waals surface area contributed by atoms with E-state index in [1.54, 1.807) is 0 Å². The lowest BCUT2D eigenvalue weighted by Gasteiger charge is -2.34. The molecular weight excluding hydrogens is 244 g/mol. The summed E-state index contributed by atoms with van der Waals surface area (Å²) in [5.41, 5.74) is 0. The monoisotopic (exact) mass is 264 g/mol. The van der Waals surface area contributed by atoms with Crippen molar-refractivity contribution < 1.29 is 14.7 Å². The molecule has 1 aliphatic heterocycles. The molecule has 0 atom stereocenters. The van der Waals surface area contributed by atoms with Crippen molar-refractivity contribution in [1.29, 1.82) is 0 Å². The van der Waals surface area contributed by atoms with Crippen LogP contribution in [0.15, 0.2) is 0 Å². The van der Waals surface area contributed by atoms with E-state index in [1.165, 1.54) is 0 Å². The molecule has 0 bridgehead atoms. The minimum absolute atomic E-state index is 0. The van der Waals surface area contributed by atoms with E-state index in [0.717, 1.165) is 32.6 Å². The fourth-order valence-electron chi connectivity index (χ4n) is 1.85. The first kappa shape index (κ1) is 16.2. The Morgan fingerprint density at radius 2 is 1.71 bits per heavy atom. The molecule has 1 fully saturated rings. The van der Waals surface area contributed by atoms with Crippen LogP contribution >= 0.6 is 12.4 Å². The van der Waals surface area contributed by atoms with Crippen LogP contribution in [-0.4, -0.2) is 59.5 Å². The van der Waals surface area contributed by atoms with Crippen LogP contribution in [0.5, 0.6) is 0 Å². The second kappa shape index (κ2) is 8.31. The van der Waals surface area contributed by atoms with Crippen LogP contribution in [0.4, 0.5) is 0 Å². The second-order valence-electron chi connectivity index (χ2n) is 4.12. The van der Waals surface area contributed by atoms with Crippen molar-refractivity contribution in [2.45, 2.75) is 26.2 Å². The summed E-state index contributed by atoms with van der Waals surface area (Å²) >= 11 is 0. The molecule has 0 saturated carbocycles. The SMILES string of the molecule is CCCC(=O)N1CCN(CCC(=O)O)CC1.Cl. The summed E-state index contributed by atoms with van der Waals surface area (Å²) in [6, 6.07) is 0. The van der Waals surface area contributed by atoms with Crippen LogP contribution in [0.2, 0.25) is 0 Å². The van der Waals surface area contributed by atoms with E-state index in [0.29, 0.717) is 13.0 Å². The van der Waals surface area contributed by atoms with Crippen LogP contribution in [0.25, 0.3) is 0 Å². The summed E-state index contributed by atoms with van der Waals surface area (Å²) in [4.78, 5) is 26.0. The summed E-state index contributed by atoms with van der Waals surface area (Å²) in [6.45, 7) is 5.65. The highest BCUT2D eigenvalue weighted by atomic mass is 35.5. The van der Waals surface area contributed by atoms with Crippen LogP contribution in [0.3, 0.4) is 0 Å². The highest BCUT2D eigenvalue weighted by molar-refractivity contribution is 5.85. The largest absolute Gasteiger partial charge is 0.481 e. The molecule has 0 unspecified atom stereocenters. The summed E-state index contributed by atoms with van der Waals surface area (Å²) in [6.07, 6.45) is 1.69. The normalized spacial score (nSPS) is 16.4. The number of carboxylic acid groups (broad SMARTS) is 1. The van der Waals surface area contributed by atoms with Gasteiger partial charge in [-0.05, 0) is 6.42 Å². The van der Waals surface area contributed by atoms with E-state index < -0.39 is 5.97 Å². The van der Waals surface area contributed by atoms with E-state index in [2.05, 4.69) is 4.90 Å². The maximum Gasteiger partial charge on any atom is 0.304 e. The third-order valence-corrected chi connectivity index (χ3v) is 2.83. The molecule has 100 valence electrons. The van der Waals surface area contributed by atoms with E-state index >= 15 is 0 Å². The average molecular weight is 265 g/mol. The van der Waals surface area contributed by atoms with E-state index in [-0.39, 0.29) is 24.7 Å². The Morgan fingerprint density at radius 3 is 2.18 bits per heavy atom. The maximum absolute atomic E-state index is 11.6. The van der Waals surface area contributed by atoms with Gasteiger partial charge >= 0.3 is 5.97 Å². The molecule has 0 aromatic rings. The third-order valence-electron chi connectivity index (χ3n) is 2.83. The van der Waals surface area contributed by atoms with Gasteiger partial charge in [0.1, 0.15) is 0 Å². The average Bonchev–Trinajstić information content (AvgIpc) is 2.27. The zero-order valence-corrected chi connectivity index (χ0v) is 11.0. The van der Waals surface area contributed by atoms with Gasteiger partial charge < -0.3 is 10.0 Å². The number of rotatable bonds is 5. The first-order valence-electron chi connectivity index (χ1n) is 5.85. The Balaban J connectivity index is 0.00000256. The minimum Gasteiger partial charge on any atom is -0.481 e. The number of aliphatic carboxylic acids is 1. The molecule has 6 heteroatoms. The van der Waals surface area contributed by atoms with Crippen LogP contribution in [0.1, 0.15) is 26.2 Å². The summed E-state index contributed by atoms with van der Waals surface area (Å²) in [5, 5.41) is 8.56. The van der Waals surface area contributed by atoms with Gasteiger partial charge in [-0.2, -0.15) is 0 Å². The smallest absolute Gasteiger partial charge is 0.304 e. The van der Waals surface area contributed by atoms with Gasteiger partial charge in [-0.1, -0.05) is 6.92 Å². The van der Waals surface area contributed by atoms with Gasteiger partial charge in [-0.15, -0.1) is 12.4 Å². The van der Waals surface area contributed by atoms with Crippen molar-refractivity contribution in [1.82, 2.24) is 9.80 Å². The zero-order chi connectivity index (χ0) is 12.0. The number of nitrogens with zero attached hydrogens (tertiary/aromatic N) is 2. The van der Waals surface area contributed by atoms with E-state index in [1.807, 2.05) is 11.8 Å². The lowest BCUT2D eigenvalue weighted by Crippen LogP contribution is -2.49. The van der Waals surface area contributed by atoms with Gasteiger partial charge in [-0.25, -0.2) is 0 Å². The Morgan fingerprint density at radius 1 is 1.12 bits per heavy atom. The van der Waals surface area contributed by atoms with Crippen LogP contribution in [0, 0.1) is 0 Å². The van der Waals surface area contributed by atoms with Crippen LogP contribution < -0.4 is 0 Å². The molecule has 0 aromatic carbocycles. The highest BCUT2D eigenvalue weighted by Crippen LogP contribution is 2.05. The highest BCUT2D eigenvalue weighted by Gasteiger charge is 2.20. The molecule has 1 N–H and O–H groups in total. The number of carbonyl (C=O) groups is 2. The van der Waals surface area contributed by atoms with E-state index in [9.17, 15) is 9.59 Å². The van der Waals surface area contributed by atoms with Gasteiger partial charge in [0, 0.05) is 39.1 Å². The van der Waals surface area contributed by atoms with Gasteiger partial charge in [0.15, 0.2) is 0 Å². The Bertz CT molecular complexity index is 253. The van der Waals surface area contributed by atoms with Gasteiger partial charge in [-0.3, -0.25) is 14.5 Å². The van der Waals surface area contributed by atoms with Crippen molar-refractivity contribution in [2.24, 2.45) is 0 Å². The molecule has 17 heavy (non-hydrogen) atoms. The van der Waals surface area contributed by atoms with Crippen molar-refractivity contribution in [3.8, 4) is 0 Å². The number of hydrogen-bond donors (Lipinski definition) is 1. The molecular formula is C11H21ClN2O3. The molecule has 5 nitrogen and oxygen atoms in total. The fraction of sp³-hybridized carbons (Fsp3) is 0.818. The third kappa shape index (κ3) is 5.89. The molecule has 1 heterocycles. The number of halogens is 1. The predicted octanol–water partition coefficient (Wildman–Crippen LogP) is 0.827. The zero-order valence-electron chi connectivity index (χ0n) is 10.2. The molecule has 0 aromatic heterocycles. The van der Waals surface area contributed by atoms with Gasteiger partial charge in [0.05, 0.1) is 6.42 Å². The maximum atomic E-state index is 11.6. The van der Waals surface area contributed by atoms with Crippen molar-refractivity contribution >= 4 is 24.3 Å². The number of amides is 1. The Kier molecular flexibility index (Phi) is 7.91. The number of carbonyl (C=O) groups excluding carboxylic acids is 1.